The van der Waals surface area contributed by atoms with Crippen molar-refractivity contribution < 1.29 is 22.8 Å². The van der Waals surface area contributed by atoms with Crippen LogP contribution in [0.1, 0.15) is 48.5 Å². The number of hydrogen-bond acceptors (Lipinski definition) is 3. The lowest BCUT2D eigenvalue weighted by molar-refractivity contribution is -0.137. The molecule has 0 aromatic heterocycles. The smallest absolute Gasteiger partial charge is 0.326 e. The van der Waals surface area contributed by atoms with Gasteiger partial charge in [-0.05, 0) is 54.8 Å². The number of carbonyl (C=O) groups is 2. The second-order valence-electron chi connectivity index (χ2n) is 8.83. The van der Waals surface area contributed by atoms with Crippen molar-refractivity contribution in [3.8, 4) is 0 Å². The van der Waals surface area contributed by atoms with Crippen molar-refractivity contribution in [3.05, 3.63) is 90.0 Å². The average molecular weight is 513 g/mol. The summed E-state index contributed by atoms with van der Waals surface area (Å²) in [6.07, 6.45) is 0.579. The Balaban J connectivity index is 1.52. The van der Waals surface area contributed by atoms with Crippen molar-refractivity contribution >= 4 is 35.0 Å². The molecule has 36 heavy (non-hydrogen) atoms. The highest BCUT2D eigenvalue weighted by atomic mass is 32.2. The molecule has 1 unspecified atom stereocenters. The fraction of sp³-hybridized carbons (Fsp3) is 0.286. The van der Waals surface area contributed by atoms with Crippen molar-refractivity contribution in [2.75, 3.05) is 10.6 Å². The van der Waals surface area contributed by atoms with Crippen LogP contribution in [0.4, 0.5) is 24.5 Å². The maximum Gasteiger partial charge on any atom is 0.416 e. The van der Waals surface area contributed by atoms with Gasteiger partial charge in [-0.3, -0.25) is 9.59 Å². The van der Waals surface area contributed by atoms with Crippen LogP contribution in [-0.2, 0) is 15.8 Å². The molecule has 8 heteroatoms. The van der Waals surface area contributed by atoms with Gasteiger partial charge in [-0.15, -0.1) is 11.8 Å². The number of rotatable bonds is 7. The Hall–Kier alpha value is -3.26. The Kier molecular flexibility index (Phi) is 8.36. The van der Waals surface area contributed by atoms with Crippen LogP contribution in [0.5, 0.6) is 0 Å². The second-order valence-corrected chi connectivity index (χ2v) is 10.0. The largest absolute Gasteiger partial charge is 0.416 e. The summed E-state index contributed by atoms with van der Waals surface area (Å²) >= 11 is 1.27. The number of thioether (sulfide) groups is 1. The van der Waals surface area contributed by atoms with E-state index in [-0.39, 0.29) is 17.5 Å². The van der Waals surface area contributed by atoms with Crippen LogP contribution in [-0.4, -0.2) is 11.8 Å². The van der Waals surface area contributed by atoms with E-state index in [9.17, 15) is 22.8 Å². The van der Waals surface area contributed by atoms with Gasteiger partial charge in [0.25, 0.3) is 0 Å². The number of halogens is 3. The highest BCUT2D eigenvalue weighted by Gasteiger charge is 2.31. The quantitative estimate of drug-likeness (QED) is 0.319. The van der Waals surface area contributed by atoms with Gasteiger partial charge in [-0.1, -0.05) is 61.7 Å². The van der Waals surface area contributed by atoms with E-state index in [4.69, 9.17) is 0 Å². The Morgan fingerprint density at radius 1 is 0.806 bits per heavy atom. The average Bonchev–Trinajstić information content (AvgIpc) is 2.88. The molecule has 0 aliphatic heterocycles. The monoisotopic (exact) mass is 512 g/mol. The summed E-state index contributed by atoms with van der Waals surface area (Å²) in [5, 5.41) is 4.91. The molecular weight excluding hydrogens is 485 g/mol. The zero-order valence-electron chi connectivity index (χ0n) is 19.6. The molecule has 1 aliphatic rings. The molecule has 2 amide bonds. The minimum Gasteiger partial charge on any atom is -0.326 e. The van der Waals surface area contributed by atoms with Gasteiger partial charge >= 0.3 is 6.18 Å². The van der Waals surface area contributed by atoms with Gasteiger partial charge in [0.1, 0.15) is 5.25 Å². The molecule has 3 aromatic carbocycles. The number of amides is 2. The summed E-state index contributed by atoms with van der Waals surface area (Å²) in [5.74, 6) is -0.411. The van der Waals surface area contributed by atoms with Crippen LogP contribution in [0.25, 0.3) is 0 Å². The molecule has 0 radical (unpaired) electrons. The molecule has 1 fully saturated rings. The lowest BCUT2D eigenvalue weighted by Gasteiger charge is -2.21. The van der Waals surface area contributed by atoms with Crippen molar-refractivity contribution in [2.24, 2.45) is 5.92 Å². The minimum atomic E-state index is -4.50. The van der Waals surface area contributed by atoms with Crippen LogP contribution in [0.2, 0.25) is 0 Å². The Bertz CT molecular complexity index is 1190. The standard InChI is InChI=1S/C28H27F3N2O2S/c29-28(30,31)21-13-7-14-22(17-21)33-27(35)25(19-9-3-1-4-10-19)36-24-16-8-15-23(18-24)32-26(34)20-11-5-2-6-12-20/h1,3-4,7-10,13-18,20,25H,2,5-6,11-12H2,(H,32,34)(H,33,35). The predicted octanol–water partition coefficient (Wildman–Crippen LogP) is 7.70. The van der Waals surface area contributed by atoms with E-state index in [1.807, 2.05) is 30.3 Å². The van der Waals surface area contributed by atoms with Gasteiger partial charge in [0.15, 0.2) is 0 Å². The molecular formula is C28H27F3N2O2S. The summed E-state index contributed by atoms with van der Waals surface area (Å²) in [5.41, 5.74) is 0.611. The maximum absolute atomic E-state index is 13.3. The number of alkyl halides is 3. The first-order chi connectivity index (χ1) is 17.3. The summed E-state index contributed by atoms with van der Waals surface area (Å²) in [4.78, 5) is 26.7. The van der Waals surface area contributed by atoms with Crippen LogP contribution in [0.15, 0.2) is 83.8 Å². The van der Waals surface area contributed by atoms with Crippen molar-refractivity contribution in [1.82, 2.24) is 0 Å². The van der Waals surface area contributed by atoms with E-state index < -0.39 is 22.9 Å². The normalized spacial score (nSPS) is 15.2. The first kappa shape index (κ1) is 25.8. The molecule has 0 spiro atoms. The number of nitrogens with one attached hydrogen (secondary N) is 2. The zero-order valence-corrected chi connectivity index (χ0v) is 20.4. The highest BCUT2D eigenvalue weighted by Crippen LogP contribution is 2.38. The summed E-state index contributed by atoms with van der Waals surface area (Å²) in [6.45, 7) is 0. The molecule has 3 aromatic rings. The molecule has 0 heterocycles. The number of hydrogen-bond donors (Lipinski definition) is 2. The Morgan fingerprint density at radius 2 is 1.47 bits per heavy atom. The van der Waals surface area contributed by atoms with E-state index in [0.717, 1.165) is 42.7 Å². The van der Waals surface area contributed by atoms with Gasteiger partial charge in [-0.2, -0.15) is 13.2 Å². The van der Waals surface area contributed by atoms with Crippen LogP contribution >= 0.6 is 11.8 Å². The van der Waals surface area contributed by atoms with Crippen LogP contribution in [0, 0.1) is 5.92 Å². The third-order valence-corrected chi connectivity index (χ3v) is 7.38. The molecule has 4 nitrogen and oxygen atoms in total. The van der Waals surface area contributed by atoms with Gasteiger partial charge in [0.2, 0.25) is 11.8 Å². The van der Waals surface area contributed by atoms with E-state index in [1.165, 1.54) is 30.3 Å². The Morgan fingerprint density at radius 3 is 2.17 bits per heavy atom. The maximum atomic E-state index is 13.3. The molecule has 2 N–H and O–H groups in total. The molecule has 4 rings (SSSR count). The van der Waals surface area contributed by atoms with Gasteiger partial charge in [0, 0.05) is 22.2 Å². The summed E-state index contributed by atoms with van der Waals surface area (Å²) in [6, 6.07) is 20.9. The first-order valence-corrected chi connectivity index (χ1v) is 12.8. The molecule has 1 saturated carbocycles. The fourth-order valence-electron chi connectivity index (χ4n) is 4.27. The molecule has 0 bridgehead atoms. The zero-order chi connectivity index (χ0) is 25.5. The molecule has 0 saturated heterocycles. The molecule has 1 aliphatic carbocycles. The van der Waals surface area contributed by atoms with Gasteiger partial charge in [-0.25, -0.2) is 0 Å². The summed E-state index contributed by atoms with van der Waals surface area (Å²) in [7, 11) is 0. The lowest BCUT2D eigenvalue weighted by Crippen LogP contribution is -2.24. The highest BCUT2D eigenvalue weighted by molar-refractivity contribution is 8.00. The Labute approximate surface area is 212 Å². The minimum absolute atomic E-state index is 0.0127. The van der Waals surface area contributed by atoms with Crippen LogP contribution < -0.4 is 10.6 Å². The SMILES string of the molecule is O=C(Nc1cccc(SC(C(=O)Nc2cccc(C(F)(F)F)c2)c2ccccc2)c1)C1CCCCC1. The third-order valence-electron chi connectivity index (χ3n) is 6.13. The van der Waals surface area contributed by atoms with Gasteiger partial charge in [0.05, 0.1) is 5.56 Å². The first-order valence-electron chi connectivity index (χ1n) is 11.9. The topological polar surface area (TPSA) is 58.2 Å². The molecule has 188 valence electrons. The van der Waals surface area contributed by atoms with Gasteiger partial charge < -0.3 is 10.6 Å². The second kappa shape index (κ2) is 11.6. The molecule has 1 atom stereocenters. The number of benzene rings is 3. The van der Waals surface area contributed by atoms with Crippen molar-refractivity contribution in [1.29, 1.82) is 0 Å². The van der Waals surface area contributed by atoms with E-state index >= 15 is 0 Å². The van der Waals surface area contributed by atoms with Crippen LogP contribution in [0.3, 0.4) is 0 Å². The van der Waals surface area contributed by atoms with E-state index in [1.54, 1.807) is 24.3 Å². The lowest BCUT2D eigenvalue weighted by atomic mass is 9.88. The fourth-order valence-corrected chi connectivity index (χ4v) is 5.36. The summed E-state index contributed by atoms with van der Waals surface area (Å²) < 4.78 is 39.3. The van der Waals surface area contributed by atoms with E-state index in [2.05, 4.69) is 10.6 Å². The van der Waals surface area contributed by atoms with E-state index in [0.29, 0.717) is 11.3 Å². The number of anilines is 2. The van der Waals surface area contributed by atoms with Crippen molar-refractivity contribution in [3.63, 3.8) is 0 Å². The third kappa shape index (κ3) is 6.91. The predicted molar refractivity (Wildman–Crippen MR) is 137 cm³/mol. The van der Waals surface area contributed by atoms with Crippen molar-refractivity contribution in [2.45, 2.75) is 48.4 Å². The number of carbonyl (C=O) groups excluding carboxylic acids is 2.